The molecule has 1 rings (SSSR count). The molecule has 0 bridgehead atoms. The summed E-state index contributed by atoms with van der Waals surface area (Å²) >= 11 is 0. The molecule has 0 radical (unpaired) electrons. The Balaban J connectivity index is 2.76. The molecule has 0 fully saturated rings. The van der Waals surface area contributed by atoms with Crippen molar-refractivity contribution in [2.75, 3.05) is 13.2 Å². The SMILES string of the molecule is O=C(O)/C=C/c1ccc(C(=O)NCCCF)c(F)c1. The van der Waals surface area contributed by atoms with Gasteiger partial charge in [-0.3, -0.25) is 9.18 Å². The molecular formula is C13H13F2NO3. The van der Waals surface area contributed by atoms with Crippen LogP contribution in [-0.2, 0) is 4.79 Å². The minimum atomic E-state index is -1.14. The molecule has 4 nitrogen and oxygen atoms in total. The number of halogens is 2. The van der Waals surface area contributed by atoms with Gasteiger partial charge in [-0.05, 0) is 30.2 Å². The largest absolute Gasteiger partial charge is 0.478 e. The molecule has 19 heavy (non-hydrogen) atoms. The normalized spacial score (nSPS) is 10.6. The van der Waals surface area contributed by atoms with E-state index in [9.17, 15) is 18.4 Å². The first-order chi connectivity index (χ1) is 9.04. The lowest BCUT2D eigenvalue weighted by Gasteiger charge is -2.05. The number of hydrogen-bond acceptors (Lipinski definition) is 2. The predicted molar refractivity (Wildman–Crippen MR) is 66.0 cm³/mol. The Morgan fingerprint density at radius 3 is 2.68 bits per heavy atom. The fourth-order valence-electron chi connectivity index (χ4n) is 1.35. The van der Waals surface area contributed by atoms with Crippen LogP contribution < -0.4 is 5.32 Å². The van der Waals surface area contributed by atoms with E-state index in [1.807, 2.05) is 0 Å². The number of alkyl halides is 1. The van der Waals surface area contributed by atoms with Crippen LogP contribution in [0.3, 0.4) is 0 Å². The van der Waals surface area contributed by atoms with Crippen molar-refractivity contribution in [3.05, 3.63) is 41.2 Å². The van der Waals surface area contributed by atoms with Gasteiger partial charge in [-0.25, -0.2) is 9.18 Å². The molecule has 0 aliphatic heterocycles. The number of carbonyl (C=O) groups is 2. The number of aliphatic carboxylic acids is 1. The summed E-state index contributed by atoms with van der Waals surface area (Å²) in [5, 5.41) is 10.8. The van der Waals surface area contributed by atoms with E-state index >= 15 is 0 Å². The highest BCUT2D eigenvalue weighted by Crippen LogP contribution is 2.12. The fourth-order valence-corrected chi connectivity index (χ4v) is 1.35. The summed E-state index contributed by atoms with van der Waals surface area (Å²) < 4.78 is 25.5. The fraction of sp³-hybridized carbons (Fsp3) is 0.231. The van der Waals surface area contributed by atoms with Crippen LogP contribution >= 0.6 is 0 Å². The first kappa shape index (κ1) is 14.8. The number of rotatable bonds is 6. The summed E-state index contributed by atoms with van der Waals surface area (Å²) in [6, 6.07) is 3.73. The minimum Gasteiger partial charge on any atom is -0.478 e. The monoisotopic (exact) mass is 269 g/mol. The molecule has 0 atom stereocenters. The molecule has 0 unspecified atom stereocenters. The number of amides is 1. The van der Waals surface area contributed by atoms with Crippen molar-refractivity contribution < 1.29 is 23.5 Å². The minimum absolute atomic E-state index is 0.134. The number of nitrogens with one attached hydrogen (secondary N) is 1. The number of benzene rings is 1. The number of carboxylic acids is 1. The Morgan fingerprint density at radius 1 is 1.37 bits per heavy atom. The second kappa shape index (κ2) is 7.25. The summed E-state index contributed by atoms with van der Waals surface area (Å²) in [4.78, 5) is 21.8. The van der Waals surface area contributed by atoms with Crippen molar-refractivity contribution in [1.29, 1.82) is 0 Å². The van der Waals surface area contributed by atoms with E-state index < -0.39 is 24.4 Å². The van der Waals surface area contributed by atoms with Gasteiger partial charge in [0.15, 0.2) is 0 Å². The molecule has 0 heterocycles. The van der Waals surface area contributed by atoms with Crippen LogP contribution in [0.25, 0.3) is 6.08 Å². The van der Waals surface area contributed by atoms with Crippen molar-refractivity contribution in [3.8, 4) is 0 Å². The second-order valence-corrected chi connectivity index (χ2v) is 3.71. The molecule has 0 aliphatic carbocycles. The Hall–Kier alpha value is -2.24. The molecule has 0 saturated heterocycles. The third-order valence-electron chi connectivity index (χ3n) is 2.25. The molecule has 2 N–H and O–H groups in total. The van der Waals surface area contributed by atoms with Crippen LogP contribution in [0.2, 0.25) is 0 Å². The van der Waals surface area contributed by atoms with E-state index in [0.717, 1.165) is 12.1 Å². The maximum absolute atomic E-state index is 13.6. The van der Waals surface area contributed by atoms with Gasteiger partial charge in [0.05, 0.1) is 12.2 Å². The molecule has 0 spiro atoms. The summed E-state index contributed by atoms with van der Waals surface area (Å²) in [5.41, 5.74) is 0.173. The molecule has 102 valence electrons. The Morgan fingerprint density at radius 2 is 2.11 bits per heavy atom. The highest BCUT2D eigenvalue weighted by atomic mass is 19.1. The van der Waals surface area contributed by atoms with E-state index in [2.05, 4.69) is 5.32 Å². The Kier molecular flexibility index (Phi) is 5.66. The van der Waals surface area contributed by atoms with Crippen molar-refractivity contribution in [1.82, 2.24) is 5.32 Å². The number of carbonyl (C=O) groups excluding carboxylic acids is 1. The summed E-state index contributed by atoms with van der Waals surface area (Å²) in [7, 11) is 0. The molecule has 0 aromatic heterocycles. The summed E-state index contributed by atoms with van der Waals surface area (Å²) in [6.07, 6.45) is 2.26. The van der Waals surface area contributed by atoms with E-state index in [1.165, 1.54) is 18.2 Å². The third-order valence-corrected chi connectivity index (χ3v) is 2.25. The smallest absolute Gasteiger partial charge is 0.328 e. The van der Waals surface area contributed by atoms with Crippen LogP contribution in [0.1, 0.15) is 22.3 Å². The first-order valence-corrected chi connectivity index (χ1v) is 5.59. The topological polar surface area (TPSA) is 66.4 Å². The van der Waals surface area contributed by atoms with E-state index in [4.69, 9.17) is 5.11 Å². The Labute approximate surface area is 108 Å². The van der Waals surface area contributed by atoms with Crippen molar-refractivity contribution in [3.63, 3.8) is 0 Å². The second-order valence-electron chi connectivity index (χ2n) is 3.71. The van der Waals surface area contributed by atoms with E-state index in [0.29, 0.717) is 5.56 Å². The van der Waals surface area contributed by atoms with Crippen LogP contribution in [0.15, 0.2) is 24.3 Å². The number of carboxylic acid groups (broad SMARTS) is 1. The van der Waals surface area contributed by atoms with Crippen LogP contribution in [-0.4, -0.2) is 30.2 Å². The lowest BCUT2D eigenvalue weighted by atomic mass is 10.1. The van der Waals surface area contributed by atoms with Crippen molar-refractivity contribution >= 4 is 18.0 Å². The molecule has 0 aliphatic rings. The Bertz CT molecular complexity index is 501. The molecule has 1 amide bonds. The predicted octanol–water partition coefficient (Wildman–Crippen LogP) is 2.01. The van der Waals surface area contributed by atoms with E-state index in [-0.39, 0.29) is 18.5 Å². The molecular weight excluding hydrogens is 256 g/mol. The molecule has 6 heteroatoms. The third kappa shape index (κ3) is 4.87. The molecule has 1 aromatic carbocycles. The van der Waals surface area contributed by atoms with Crippen LogP contribution in [0, 0.1) is 5.82 Å². The summed E-state index contributed by atoms with van der Waals surface area (Å²) in [6.45, 7) is -0.420. The first-order valence-electron chi connectivity index (χ1n) is 5.59. The zero-order chi connectivity index (χ0) is 14.3. The average molecular weight is 269 g/mol. The van der Waals surface area contributed by atoms with Gasteiger partial charge in [0.2, 0.25) is 0 Å². The van der Waals surface area contributed by atoms with Crippen LogP contribution in [0.4, 0.5) is 8.78 Å². The van der Waals surface area contributed by atoms with Gasteiger partial charge in [-0.2, -0.15) is 0 Å². The zero-order valence-corrected chi connectivity index (χ0v) is 10.0. The maximum atomic E-state index is 13.6. The quantitative estimate of drug-likeness (QED) is 0.613. The van der Waals surface area contributed by atoms with Gasteiger partial charge < -0.3 is 10.4 Å². The lowest BCUT2D eigenvalue weighted by molar-refractivity contribution is -0.131. The van der Waals surface area contributed by atoms with Gasteiger partial charge in [0.1, 0.15) is 5.82 Å². The summed E-state index contributed by atoms with van der Waals surface area (Å²) in [5.74, 6) is -2.53. The van der Waals surface area contributed by atoms with Gasteiger partial charge in [-0.15, -0.1) is 0 Å². The highest BCUT2D eigenvalue weighted by molar-refractivity contribution is 5.94. The van der Waals surface area contributed by atoms with Gasteiger partial charge in [0.25, 0.3) is 5.91 Å². The van der Waals surface area contributed by atoms with Crippen molar-refractivity contribution in [2.45, 2.75) is 6.42 Å². The highest BCUT2D eigenvalue weighted by Gasteiger charge is 2.11. The average Bonchev–Trinajstić information content (AvgIpc) is 2.36. The van der Waals surface area contributed by atoms with E-state index in [1.54, 1.807) is 0 Å². The van der Waals surface area contributed by atoms with Gasteiger partial charge in [0, 0.05) is 12.6 Å². The maximum Gasteiger partial charge on any atom is 0.328 e. The standard InChI is InChI=1S/C13H13F2NO3/c14-6-1-7-16-13(19)10-4-2-9(8-11(10)15)3-5-12(17)18/h2-5,8H,1,6-7H2,(H,16,19)(H,17,18)/b5-3+. The molecule has 0 saturated carbocycles. The van der Waals surface area contributed by atoms with Gasteiger partial charge in [-0.1, -0.05) is 6.07 Å². The lowest BCUT2D eigenvalue weighted by Crippen LogP contribution is -2.25. The van der Waals surface area contributed by atoms with Crippen molar-refractivity contribution in [2.24, 2.45) is 0 Å². The van der Waals surface area contributed by atoms with Crippen LogP contribution in [0.5, 0.6) is 0 Å². The zero-order valence-electron chi connectivity index (χ0n) is 10.0. The molecule has 1 aromatic rings. The number of hydrogen-bond donors (Lipinski definition) is 2. The van der Waals surface area contributed by atoms with Gasteiger partial charge >= 0.3 is 5.97 Å².